The van der Waals surface area contributed by atoms with E-state index >= 15 is 0 Å². The molecule has 5 nitrogen and oxygen atoms in total. The van der Waals surface area contributed by atoms with Crippen molar-refractivity contribution in [1.29, 1.82) is 0 Å². The van der Waals surface area contributed by atoms with Gasteiger partial charge < -0.3 is 15.7 Å². The number of carbonyl (C=O) groups is 2. The number of piperidine rings is 1. The Morgan fingerprint density at radius 1 is 1.25 bits per heavy atom. The minimum Gasteiger partial charge on any atom is -0.480 e. The van der Waals surface area contributed by atoms with Crippen molar-refractivity contribution in [3.63, 3.8) is 0 Å². The van der Waals surface area contributed by atoms with Crippen LogP contribution in [0, 0.1) is 0 Å². The Hall–Kier alpha value is -1.88. The van der Waals surface area contributed by atoms with Gasteiger partial charge in [0, 0.05) is 13.1 Å². The molecule has 5 heteroatoms. The standard InChI is InChI=1S/C15H20N2O3/c16-10-12-6-2-1-5-11(12)9-14(18)17-8-4-3-7-13(17)15(19)20/h1-2,5-6,13H,3-4,7-10,16H2,(H,19,20)/t13-/m1/s1. The highest BCUT2D eigenvalue weighted by Crippen LogP contribution is 2.19. The molecule has 2 rings (SSSR count). The van der Waals surface area contributed by atoms with Gasteiger partial charge >= 0.3 is 5.97 Å². The summed E-state index contributed by atoms with van der Waals surface area (Å²) in [4.78, 5) is 25.1. The van der Waals surface area contributed by atoms with E-state index in [4.69, 9.17) is 5.73 Å². The molecule has 1 aromatic carbocycles. The molecule has 1 aromatic rings. The number of benzene rings is 1. The van der Waals surface area contributed by atoms with E-state index in [-0.39, 0.29) is 12.3 Å². The van der Waals surface area contributed by atoms with Gasteiger partial charge in [-0.3, -0.25) is 4.79 Å². The molecule has 1 heterocycles. The van der Waals surface area contributed by atoms with Crippen LogP contribution in [0.2, 0.25) is 0 Å². The van der Waals surface area contributed by atoms with Gasteiger partial charge in [0.2, 0.25) is 5.91 Å². The monoisotopic (exact) mass is 276 g/mol. The fourth-order valence-corrected chi connectivity index (χ4v) is 2.68. The summed E-state index contributed by atoms with van der Waals surface area (Å²) in [6.07, 6.45) is 2.49. The number of rotatable bonds is 4. The van der Waals surface area contributed by atoms with Crippen molar-refractivity contribution in [1.82, 2.24) is 4.90 Å². The lowest BCUT2D eigenvalue weighted by atomic mass is 9.99. The summed E-state index contributed by atoms with van der Waals surface area (Å²) >= 11 is 0. The largest absolute Gasteiger partial charge is 0.480 e. The van der Waals surface area contributed by atoms with Gasteiger partial charge in [-0.25, -0.2) is 4.79 Å². The average molecular weight is 276 g/mol. The lowest BCUT2D eigenvalue weighted by Crippen LogP contribution is -2.48. The van der Waals surface area contributed by atoms with Crippen LogP contribution in [0.1, 0.15) is 30.4 Å². The summed E-state index contributed by atoms with van der Waals surface area (Å²) in [5, 5.41) is 9.21. The number of aliphatic carboxylic acids is 1. The molecule has 0 aliphatic carbocycles. The van der Waals surface area contributed by atoms with Crippen LogP contribution in [0.4, 0.5) is 0 Å². The molecule has 0 saturated carbocycles. The number of nitrogens with zero attached hydrogens (tertiary/aromatic N) is 1. The summed E-state index contributed by atoms with van der Waals surface area (Å²) in [7, 11) is 0. The second-order valence-corrected chi connectivity index (χ2v) is 5.09. The molecular formula is C15H20N2O3. The molecule has 0 aromatic heterocycles. The van der Waals surface area contributed by atoms with Crippen molar-refractivity contribution in [2.75, 3.05) is 6.54 Å². The first-order chi connectivity index (χ1) is 9.63. The van der Waals surface area contributed by atoms with Gasteiger partial charge in [0.05, 0.1) is 6.42 Å². The molecule has 1 aliphatic heterocycles. The van der Waals surface area contributed by atoms with Crippen molar-refractivity contribution in [2.45, 2.75) is 38.3 Å². The van der Waals surface area contributed by atoms with E-state index < -0.39 is 12.0 Å². The normalized spacial score (nSPS) is 18.9. The van der Waals surface area contributed by atoms with E-state index in [1.807, 2.05) is 24.3 Å². The van der Waals surface area contributed by atoms with Crippen LogP contribution in [0.15, 0.2) is 24.3 Å². The van der Waals surface area contributed by atoms with Gasteiger partial charge in [-0.15, -0.1) is 0 Å². The topological polar surface area (TPSA) is 83.6 Å². The number of carboxylic acid groups (broad SMARTS) is 1. The van der Waals surface area contributed by atoms with Gasteiger partial charge in [-0.2, -0.15) is 0 Å². The van der Waals surface area contributed by atoms with Crippen LogP contribution < -0.4 is 5.73 Å². The molecule has 0 unspecified atom stereocenters. The minimum atomic E-state index is -0.912. The number of nitrogens with two attached hydrogens (primary N) is 1. The zero-order chi connectivity index (χ0) is 14.5. The van der Waals surface area contributed by atoms with Crippen LogP contribution in [-0.4, -0.2) is 34.5 Å². The van der Waals surface area contributed by atoms with E-state index in [0.29, 0.717) is 19.5 Å². The Morgan fingerprint density at radius 2 is 1.95 bits per heavy atom. The molecule has 20 heavy (non-hydrogen) atoms. The highest BCUT2D eigenvalue weighted by atomic mass is 16.4. The average Bonchev–Trinajstić information content (AvgIpc) is 2.47. The van der Waals surface area contributed by atoms with E-state index in [1.165, 1.54) is 4.90 Å². The van der Waals surface area contributed by atoms with Gasteiger partial charge in [0.25, 0.3) is 0 Å². The minimum absolute atomic E-state index is 0.127. The maximum Gasteiger partial charge on any atom is 0.326 e. The first-order valence-corrected chi connectivity index (χ1v) is 6.92. The molecule has 108 valence electrons. The molecule has 0 radical (unpaired) electrons. The molecule has 1 fully saturated rings. The van der Waals surface area contributed by atoms with Crippen molar-refractivity contribution in [2.24, 2.45) is 5.73 Å². The van der Waals surface area contributed by atoms with Crippen LogP contribution in [0.5, 0.6) is 0 Å². The maximum absolute atomic E-state index is 12.4. The van der Waals surface area contributed by atoms with Crippen LogP contribution >= 0.6 is 0 Å². The van der Waals surface area contributed by atoms with E-state index in [1.54, 1.807) is 0 Å². The van der Waals surface area contributed by atoms with Crippen LogP contribution in [0.25, 0.3) is 0 Å². The fourth-order valence-electron chi connectivity index (χ4n) is 2.68. The highest BCUT2D eigenvalue weighted by molar-refractivity contribution is 5.85. The Labute approximate surface area is 118 Å². The SMILES string of the molecule is NCc1ccccc1CC(=O)N1CCCC[C@@H]1C(=O)O. The highest BCUT2D eigenvalue weighted by Gasteiger charge is 2.31. The van der Waals surface area contributed by atoms with Gasteiger partial charge in [0.1, 0.15) is 6.04 Å². The fraction of sp³-hybridized carbons (Fsp3) is 0.467. The molecule has 1 saturated heterocycles. The maximum atomic E-state index is 12.4. The van der Waals surface area contributed by atoms with Gasteiger partial charge in [0.15, 0.2) is 0 Å². The van der Waals surface area contributed by atoms with E-state index in [0.717, 1.165) is 24.0 Å². The second-order valence-electron chi connectivity index (χ2n) is 5.09. The number of carbonyl (C=O) groups excluding carboxylic acids is 1. The Balaban J connectivity index is 2.12. The third kappa shape index (κ3) is 3.17. The second kappa shape index (κ2) is 6.52. The lowest BCUT2D eigenvalue weighted by Gasteiger charge is -2.33. The van der Waals surface area contributed by atoms with Crippen LogP contribution in [-0.2, 0) is 22.6 Å². The van der Waals surface area contributed by atoms with Crippen LogP contribution in [0.3, 0.4) is 0 Å². The summed E-state index contributed by atoms with van der Waals surface area (Å²) in [5.74, 6) is -1.04. The molecular weight excluding hydrogens is 256 g/mol. The third-order valence-electron chi connectivity index (χ3n) is 3.79. The van der Waals surface area contributed by atoms with Crippen molar-refractivity contribution >= 4 is 11.9 Å². The van der Waals surface area contributed by atoms with E-state index in [9.17, 15) is 14.7 Å². The quantitative estimate of drug-likeness (QED) is 0.864. The summed E-state index contributed by atoms with van der Waals surface area (Å²) in [5.41, 5.74) is 7.48. The van der Waals surface area contributed by atoms with E-state index in [2.05, 4.69) is 0 Å². The predicted octanol–water partition coefficient (Wildman–Crippen LogP) is 1.15. The molecule has 1 amide bonds. The number of likely N-dealkylation sites (tertiary alicyclic amines) is 1. The third-order valence-corrected chi connectivity index (χ3v) is 3.79. The van der Waals surface area contributed by atoms with Gasteiger partial charge in [-0.1, -0.05) is 24.3 Å². The molecule has 0 bridgehead atoms. The predicted molar refractivity (Wildman–Crippen MR) is 75.0 cm³/mol. The molecule has 3 N–H and O–H groups in total. The number of carboxylic acids is 1. The van der Waals surface area contributed by atoms with Gasteiger partial charge in [-0.05, 0) is 30.4 Å². The Kier molecular flexibility index (Phi) is 4.74. The zero-order valence-corrected chi connectivity index (χ0v) is 11.4. The van der Waals surface area contributed by atoms with Crippen molar-refractivity contribution in [3.8, 4) is 0 Å². The summed E-state index contributed by atoms with van der Waals surface area (Å²) < 4.78 is 0. The Morgan fingerprint density at radius 3 is 2.60 bits per heavy atom. The molecule has 1 atom stereocenters. The molecule has 0 spiro atoms. The zero-order valence-electron chi connectivity index (χ0n) is 11.4. The number of hydrogen-bond acceptors (Lipinski definition) is 3. The first-order valence-electron chi connectivity index (χ1n) is 6.92. The first kappa shape index (κ1) is 14.5. The number of hydrogen-bond donors (Lipinski definition) is 2. The smallest absolute Gasteiger partial charge is 0.326 e. The van der Waals surface area contributed by atoms with Crippen molar-refractivity contribution < 1.29 is 14.7 Å². The summed E-state index contributed by atoms with van der Waals surface area (Å²) in [6, 6.07) is 6.85. The Bertz CT molecular complexity index is 502. The number of amides is 1. The summed E-state index contributed by atoms with van der Waals surface area (Å²) in [6.45, 7) is 0.909. The lowest BCUT2D eigenvalue weighted by molar-refractivity contribution is -0.151. The molecule has 1 aliphatic rings. The van der Waals surface area contributed by atoms with Crippen molar-refractivity contribution in [3.05, 3.63) is 35.4 Å².